The van der Waals surface area contributed by atoms with Crippen molar-refractivity contribution in [2.75, 3.05) is 14.2 Å². The highest BCUT2D eigenvalue weighted by molar-refractivity contribution is 6.30. The summed E-state index contributed by atoms with van der Waals surface area (Å²) in [5.41, 5.74) is 0.817. The quantitative estimate of drug-likeness (QED) is 0.841. The van der Waals surface area contributed by atoms with Gasteiger partial charge in [0.25, 0.3) is 0 Å². The second kappa shape index (κ2) is 7.11. The predicted octanol–water partition coefficient (Wildman–Crippen LogP) is 1.93. The third kappa shape index (κ3) is 4.89. The number of halogens is 1. The van der Waals surface area contributed by atoms with Crippen LogP contribution >= 0.6 is 11.6 Å². The van der Waals surface area contributed by atoms with Crippen molar-refractivity contribution in [1.29, 1.82) is 0 Å². The first-order valence-electron chi connectivity index (χ1n) is 5.77. The van der Waals surface area contributed by atoms with Gasteiger partial charge in [0, 0.05) is 19.0 Å². The summed E-state index contributed by atoms with van der Waals surface area (Å²) in [6.07, 6.45) is 0.117. The summed E-state index contributed by atoms with van der Waals surface area (Å²) < 4.78 is 0. The van der Waals surface area contributed by atoms with Gasteiger partial charge in [-0.2, -0.15) is 0 Å². The molecular weight excluding hydrogens is 268 g/mol. The minimum Gasteiger partial charge on any atom is -0.349 e. The summed E-state index contributed by atoms with van der Waals surface area (Å²) in [6.45, 7) is 1.41. The van der Waals surface area contributed by atoms with Crippen LogP contribution in [0.4, 0.5) is 0 Å². The van der Waals surface area contributed by atoms with E-state index < -0.39 is 6.04 Å². The number of benzene rings is 1. The second-order valence-corrected chi connectivity index (χ2v) is 4.52. The Bertz CT molecular complexity index is 448. The van der Waals surface area contributed by atoms with E-state index in [1.54, 1.807) is 24.3 Å². The fraction of sp³-hybridized carbons (Fsp3) is 0.385. The van der Waals surface area contributed by atoms with Crippen LogP contribution in [0.15, 0.2) is 24.3 Å². The lowest BCUT2D eigenvalue weighted by Gasteiger charge is -2.21. The second-order valence-electron chi connectivity index (χ2n) is 4.08. The van der Waals surface area contributed by atoms with Crippen molar-refractivity contribution in [1.82, 2.24) is 10.4 Å². The van der Waals surface area contributed by atoms with Gasteiger partial charge in [0.05, 0.1) is 19.6 Å². The van der Waals surface area contributed by atoms with Crippen LogP contribution in [0.25, 0.3) is 0 Å². The number of amides is 2. The van der Waals surface area contributed by atoms with Crippen LogP contribution < -0.4 is 5.32 Å². The summed E-state index contributed by atoms with van der Waals surface area (Å²) in [5, 5.41) is 4.47. The number of carbonyl (C=O) groups is 2. The summed E-state index contributed by atoms with van der Waals surface area (Å²) in [6, 6.07) is 6.60. The zero-order valence-corrected chi connectivity index (χ0v) is 11.9. The summed E-state index contributed by atoms with van der Waals surface area (Å²) in [4.78, 5) is 27.9. The highest BCUT2D eigenvalue weighted by atomic mass is 35.5. The lowest BCUT2D eigenvalue weighted by Crippen LogP contribution is -2.33. The molecule has 1 aromatic carbocycles. The molecule has 0 unspecified atom stereocenters. The van der Waals surface area contributed by atoms with Gasteiger partial charge in [0.1, 0.15) is 0 Å². The van der Waals surface area contributed by atoms with Crippen LogP contribution in [0, 0.1) is 0 Å². The van der Waals surface area contributed by atoms with E-state index in [9.17, 15) is 9.59 Å². The molecule has 0 bridgehead atoms. The smallest absolute Gasteiger partial charge is 0.248 e. The molecule has 104 valence electrons. The predicted molar refractivity (Wildman–Crippen MR) is 72.4 cm³/mol. The van der Waals surface area contributed by atoms with E-state index >= 15 is 0 Å². The molecule has 0 aliphatic rings. The van der Waals surface area contributed by atoms with Crippen molar-refractivity contribution in [3.8, 4) is 0 Å². The minimum absolute atomic E-state index is 0.117. The highest BCUT2D eigenvalue weighted by Crippen LogP contribution is 2.20. The van der Waals surface area contributed by atoms with E-state index in [0.29, 0.717) is 5.02 Å². The Morgan fingerprint density at radius 2 is 1.95 bits per heavy atom. The van der Waals surface area contributed by atoms with Gasteiger partial charge in [0.15, 0.2) is 0 Å². The number of nitrogens with zero attached hydrogens (tertiary/aromatic N) is 1. The summed E-state index contributed by atoms with van der Waals surface area (Å²) >= 11 is 5.82. The third-order valence-corrected chi connectivity index (χ3v) is 2.91. The van der Waals surface area contributed by atoms with Gasteiger partial charge in [-0.3, -0.25) is 14.4 Å². The van der Waals surface area contributed by atoms with Gasteiger partial charge < -0.3 is 5.32 Å². The van der Waals surface area contributed by atoms with Crippen molar-refractivity contribution < 1.29 is 14.4 Å². The topological polar surface area (TPSA) is 58.6 Å². The Kier molecular flexibility index (Phi) is 5.79. The molecule has 1 atom stereocenters. The van der Waals surface area contributed by atoms with Crippen LogP contribution in [-0.4, -0.2) is 31.0 Å². The maximum atomic E-state index is 11.8. The van der Waals surface area contributed by atoms with E-state index in [2.05, 4.69) is 5.32 Å². The summed E-state index contributed by atoms with van der Waals surface area (Å²) in [7, 11) is 2.93. The molecule has 2 amide bonds. The van der Waals surface area contributed by atoms with Crippen molar-refractivity contribution in [2.24, 2.45) is 0 Å². The lowest BCUT2D eigenvalue weighted by molar-refractivity contribution is -0.169. The molecule has 0 heterocycles. The van der Waals surface area contributed by atoms with Gasteiger partial charge >= 0.3 is 0 Å². The lowest BCUT2D eigenvalue weighted by atomic mass is 10.0. The van der Waals surface area contributed by atoms with E-state index in [0.717, 1.165) is 10.6 Å². The number of rotatable bonds is 5. The van der Waals surface area contributed by atoms with Crippen LogP contribution in [0.5, 0.6) is 0 Å². The molecule has 6 heteroatoms. The number of hydrogen-bond donors (Lipinski definition) is 1. The van der Waals surface area contributed by atoms with Gasteiger partial charge in [-0.1, -0.05) is 23.7 Å². The zero-order chi connectivity index (χ0) is 14.4. The van der Waals surface area contributed by atoms with E-state index in [4.69, 9.17) is 16.4 Å². The normalized spacial score (nSPS) is 11.8. The monoisotopic (exact) mass is 284 g/mol. The Labute approximate surface area is 117 Å². The van der Waals surface area contributed by atoms with Gasteiger partial charge in [0.2, 0.25) is 11.8 Å². The molecule has 1 N–H and O–H groups in total. The SMILES string of the molecule is CON(C)C(=O)C[C@H](NC(C)=O)c1ccc(Cl)cc1. The number of hydrogen-bond acceptors (Lipinski definition) is 3. The Hall–Kier alpha value is -1.59. The van der Waals surface area contributed by atoms with Crippen molar-refractivity contribution in [3.05, 3.63) is 34.9 Å². The van der Waals surface area contributed by atoms with Gasteiger partial charge in [-0.25, -0.2) is 5.06 Å². The average molecular weight is 285 g/mol. The number of carbonyl (C=O) groups excluding carboxylic acids is 2. The summed E-state index contributed by atoms with van der Waals surface area (Å²) in [5.74, 6) is -0.427. The van der Waals surface area contributed by atoms with Crippen LogP contribution in [0.1, 0.15) is 24.9 Å². The highest BCUT2D eigenvalue weighted by Gasteiger charge is 2.19. The van der Waals surface area contributed by atoms with Crippen LogP contribution in [0.3, 0.4) is 0 Å². The first kappa shape index (κ1) is 15.5. The molecular formula is C13H17ClN2O3. The Balaban J connectivity index is 2.85. The fourth-order valence-electron chi connectivity index (χ4n) is 1.60. The van der Waals surface area contributed by atoms with Crippen LogP contribution in [-0.2, 0) is 14.4 Å². The van der Waals surface area contributed by atoms with E-state index in [1.807, 2.05) is 0 Å². The molecule has 1 aromatic rings. The molecule has 0 radical (unpaired) electrons. The standard InChI is InChI=1S/C13H17ClN2O3/c1-9(17)15-12(8-13(18)16(2)19-3)10-4-6-11(14)7-5-10/h4-7,12H,8H2,1-3H3,(H,15,17)/t12-/m0/s1. The minimum atomic E-state index is -0.403. The fourth-order valence-corrected chi connectivity index (χ4v) is 1.72. The first-order chi connectivity index (χ1) is 8.93. The maximum absolute atomic E-state index is 11.8. The molecule has 0 saturated carbocycles. The molecule has 5 nitrogen and oxygen atoms in total. The molecule has 19 heavy (non-hydrogen) atoms. The molecule has 0 aliphatic heterocycles. The average Bonchev–Trinajstić information content (AvgIpc) is 2.37. The van der Waals surface area contributed by atoms with Gasteiger partial charge in [-0.15, -0.1) is 0 Å². The maximum Gasteiger partial charge on any atom is 0.248 e. The zero-order valence-electron chi connectivity index (χ0n) is 11.1. The van der Waals surface area contributed by atoms with Gasteiger partial charge in [-0.05, 0) is 17.7 Å². The molecule has 0 saturated heterocycles. The molecule has 0 aromatic heterocycles. The van der Waals surface area contributed by atoms with Crippen molar-refractivity contribution in [2.45, 2.75) is 19.4 Å². The Morgan fingerprint density at radius 1 is 1.37 bits per heavy atom. The third-order valence-electron chi connectivity index (χ3n) is 2.65. The van der Waals surface area contributed by atoms with E-state index in [-0.39, 0.29) is 18.2 Å². The molecule has 0 aliphatic carbocycles. The molecule has 0 spiro atoms. The van der Waals surface area contributed by atoms with Crippen LogP contribution in [0.2, 0.25) is 5.02 Å². The van der Waals surface area contributed by atoms with Crippen molar-refractivity contribution >= 4 is 23.4 Å². The first-order valence-corrected chi connectivity index (χ1v) is 6.15. The number of hydroxylamine groups is 2. The van der Waals surface area contributed by atoms with E-state index in [1.165, 1.54) is 21.1 Å². The molecule has 1 rings (SSSR count). The molecule has 0 fully saturated rings. The number of nitrogens with one attached hydrogen (secondary N) is 1. The largest absolute Gasteiger partial charge is 0.349 e. The van der Waals surface area contributed by atoms with Crippen molar-refractivity contribution in [3.63, 3.8) is 0 Å². The Morgan fingerprint density at radius 3 is 2.42 bits per heavy atom.